The van der Waals surface area contributed by atoms with Gasteiger partial charge in [0.1, 0.15) is 12.6 Å². The van der Waals surface area contributed by atoms with Crippen LogP contribution >= 0.6 is 0 Å². The molecule has 41 heavy (non-hydrogen) atoms. The summed E-state index contributed by atoms with van der Waals surface area (Å²) in [5.74, 6) is -0.703. The molecule has 0 unspecified atom stereocenters. The van der Waals surface area contributed by atoms with Crippen molar-refractivity contribution in [2.24, 2.45) is 0 Å². The molecule has 0 spiro atoms. The minimum atomic E-state index is -4.09. The van der Waals surface area contributed by atoms with Gasteiger partial charge in [0.2, 0.25) is 11.8 Å². The second kappa shape index (κ2) is 13.3. The van der Waals surface area contributed by atoms with Crippen molar-refractivity contribution in [1.82, 2.24) is 10.2 Å². The van der Waals surface area contributed by atoms with Crippen LogP contribution in [-0.4, -0.2) is 49.8 Å². The maximum atomic E-state index is 14.1. The monoisotopic (exact) mass is 577 g/mol. The fraction of sp³-hybridized carbons (Fsp3) is 0.394. The van der Waals surface area contributed by atoms with Crippen LogP contribution in [0, 0.1) is 20.8 Å². The number of nitrogens with one attached hydrogen (secondary N) is 1. The fourth-order valence-corrected chi connectivity index (χ4v) is 6.00. The molecule has 2 amide bonds. The van der Waals surface area contributed by atoms with E-state index < -0.39 is 34.1 Å². The summed E-state index contributed by atoms with van der Waals surface area (Å²) in [4.78, 5) is 29.2. The number of aryl methyl sites for hydroxylation is 3. The summed E-state index contributed by atoms with van der Waals surface area (Å²) in [6.07, 6.45) is 0.914. The third-order valence-corrected chi connectivity index (χ3v) is 8.82. The van der Waals surface area contributed by atoms with Gasteiger partial charge in [-0.25, -0.2) is 8.42 Å². The van der Waals surface area contributed by atoms with Gasteiger partial charge < -0.3 is 10.2 Å². The Bertz CT molecular complexity index is 1450. The highest BCUT2D eigenvalue weighted by Gasteiger charge is 2.34. The van der Waals surface area contributed by atoms with Crippen LogP contribution in [0.3, 0.4) is 0 Å². The minimum absolute atomic E-state index is 0.0995. The zero-order valence-corrected chi connectivity index (χ0v) is 26.1. The Morgan fingerprint density at radius 1 is 0.878 bits per heavy atom. The van der Waals surface area contributed by atoms with Gasteiger partial charge in [0.25, 0.3) is 10.0 Å². The molecule has 0 aromatic heterocycles. The van der Waals surface area contributed by atoms with Crippen molar-refractivity contribution in [3.63, 3.8) is 0 Å². The molecule has 1 N–H and O–H groups in total. The van der Waals surface area contributed by atoms with Crippen molar-refractivity contribution < 1.29 is 18.0 Å². The maximum Gasteiger partial charge on any atom is 0.264 e. The Morgan fingerprint density at radius 2 is 1.51 bits per heavy atom. The smallest absolute Gasteiger partial charge is 0.264 e. The van der Waals surface area contributed by atoms with Crippen molar-refractivity contribution in [3.05, 3.63) is 95.1 Å². The fourth-order valence-electron chi connectivity index (χ4n) is 4.60. The maximum absolute atomic E-state index is 14.1. The number of amides is 2. The average molecular weight is 578 g/mol. The first-order valence-electron chi connectivity index (χ1n) is 14.0. The zero-order valence-electron chi connectivity index (χ0n) is 25.3. The molecule has 0 saturated heterocycles. The number of nitrogens with zero attached hydrogens (tertiary/aromatic N) is 2. The lowest BCUT2D eigenvalue weighted by Gasteiger charge is -2.35. The first-order valence-corrected chi connectivity index (χ1v) is 15.5. The largest absolute Gasteiger partial charge is 0.350 e. The number of anilines is 1. The summed E-state index contributed by atoms with van der Waals surface area (Å²) in [5, 5.41) is 3.00. The molecule has 0 radical (unpaired) electrons. The van der Waals surface area contributed by atoms with Crippen LogP contribution in [0.15, 0.2) is 77.7 Å². The van der Waals surface area contributed by atoms with Crippen LogP contribution in [0.2, 0.25) is 0 Å². The van der Waals surface area contributed by atoms with Crippen molar-refractivity contribution in [2.45, 2.75) is 77.8 Å². The van der Waals surface area contributed by atoms with E-state index in [1.807, 2.05) is 84.9 Å². The molecular formula is C33H43N3O4S. The number of hydrogen-bond acceptors (Lipinski definition) is 4. The number of hydrogen-bond donors (Lipinski definition) is 1. The summed E-state index contributed by atoms with van der Waals surface area (Å²) in [6.45, 7) is 13.1. The molecule has 3 aromatic rings. The molecule has 1 atom stereocenters. The summed E-state index contributed by atoms with van der Waals surface area (Å²) in [6, 6.07) is 20.9. The van der Waals surface area contributed by atoms with E-state index in [9.17, 15) is 18.0 Å². The Labute approximate surface area is 245 Å². The highest BCUT2D eigenvalue weighted by molar-refractivity contribution is 7.92. The SMILES string of the molecule is CC[C@H](C(=O)NC(C)(C)C)N(CCc1ccccc1)C(=O)CN(c1ccc(C)c(C)c1)S(=O)(=O)c1ccc(C)cc1. The van der Waals surface area contributed by atoms with Crippen LogP contribution in [-0.2, 0) is 26.0 Å². The van der Waals surface area contributed by atoms with E-state index >= 15 is 0 Å². The molecule has 220 valence electrons. The van der Waals surface area contributed by atoms with E-state index in [4.69, 9.17) is 0 Å². The van der Waals surface area contributed by atoms with E-state index in [2.05, 4.69) is 5.32 Å². The van der Waals surface area contributed by atoms with E-state index in [1.54, 1.807) is 36.4 Å². The summed E-state index contributed by atoms with van der Waals surface area (Å²) in [7, 11) is -4.09. The zero-order chi connectivity index (χ0) is 30.4. The summed E-state index contributed by atoms with van der Waals surface area (Å²) < 4.78 is 29.2. The molecule has 0 fully saturated rings. The van der Waals surface area contributed by atoms with Crippen LogP contribution in [0.1, 0.15) is 56.4 Å². The molecule has 0 aliphatic carbocycles. The predicted octanol–water partition coefficient (Wildman–Crippen LogP) is 5.57. The number of benzene rings is 3. The quantitative estimate of drug-likeness (QED) is 0.323. The highest BCUT2D eigenvalue weighted by atomic mass is 32.2. The van der Waals surface area contributed by atoms with Gasteiger partial charge in [-0.15, -0.1) is 0 Å². The van der Waals surface area contributed by atoms with Crippen molar-refractivity contribution in [3.8, 4) is 0 Å². The second-order valence-electron chi connectivity index (χ2n) is 11.6. The highest BCUT2D eigenvalue weighted by Crippen LogP contribution is 2.27. The van der Waals surface area contributed by atoms with Gasteiger partial charge in [0.05, 0.1) is 10.6 Å². The van der Waals surface area contributed by atoms with E-state index in [0.717, 1.165) is 26.6 Å². The third kappa shape index (κ3) is 8.43. The normalized spacial score (nSPS) is 12.5. The van der Waals surface area contributed by atoms with Crippen LogP contribution in [0.4, 0.5) is 5.69 Å². The van der Waals surface area contributed by atoms with Crippen LogP contribution < -0.4 is 9.62 Å². The lowest BCUT2D eigenvalue weighted by molar-refractivity contribution is -0.140. The molecule has 0 saturated carbocycles. The molecule has 8 heteroatoms. The first kappa shape index (κ1) is 31.9. The lowest BCUT2D eigenvalue weighted by Crippen LogP contribution is -2.56. The number of rotatable bonds is 11. The Kier molecular flexibility index (Phi) is 10.4. The number of sulfonamides is 1. The number of carbonyl (C=O) groups is 2. The molecule has 0 aliphatic rings. The molecule has 0 bridgehead atoms. The van der Waals surface area contributed by atoms with Gasteiger partial charge in [0, 0.05) is 12.1 Å². The third-order valence-electron chi connectivity index (χ3n) is 7.03. The molecule has 3 rings (SSSR count). The van der Waals surface area contributed by atoms with Crippen molar-refractivity contribution >= 4 is 27.5 Å². The van der Waals surface area contributed by atoms with E-state index in [1.165, 1.54) is 4.90 Å². The van der Waals surface area contributed by atoms with Gasteiger partial charge in [-0.05, 0) is 95.3 Å². The molecule has 3 aromatic carbocycles. The van der Waals surface area contributed by atoms with Crippen LogP contribution in [0.25, 0.3) is 0 Å². The van der Waals surface area contributed by atoms with E-state index in [-0.39, 0.29) is 17.3 Å². The molecule has 7 nitrogen and oxygen atoms in total. The minimum Gasteiger partial charge on any atom is -0.350 e. The Balaban J connectivity index is 2.04. The first-order chi connectivity index (χ1) is 19.2. The van der Waals surface area contributed by atoms with Crippen molar-refractivity contribution in [2.75, 3.05) is 17.4 Å². The van der Waals surface area contributed by atoms with Gasteiger partial charge in [-0.1, -0.05) is 61.0 Å². The summed E-state index contributed by atoms with van der Waals surface area (Å²) in [5.41, 5.74) is 3.80. The standard InChI is InChI=1S/C33H43N3O4S/c1-8-30(32(38)34-33(5,6)7)35(21-20-27-12-10-9-11-13-27)31(37)23-36(28-17-16-25(3)26(4)22-28)41(39,40)29-18-14-24(2)15-19-29/h9-19,22,30H,8,20-21,23H2,1-7H3,(H,34,38)/t30-/m1/s1. The van der Waals surface area contributed by atoms with Crippen LogP contribution in [0.5, 0.6) is 0 Å². The van der Waals surface area contributed by atoms with Gasteiger partial charge >= 0.3 is 0 Å². The Hall–Kier alpha value is -3.65. The summed E-state index contributed by atoms with van der Waals surface area (Å²) >= 11 is 0. The molecule has 0 aliphatic heterocycles. The second-order valence-corrected chi connectivity index (χ2v) is 13.4. The topological polar surface area (TPSA) is 86.8 Å². The van der Waals surface area contributed by atoms with Gasteiger partial charge in [0.15, 0.2) is 0 Å². The average Bonchev–Trinajstić information content (AvgIpc) is 2.90. The lowest BCUT2D eigenvalue weighted by atomic mass is 10.1. The number of carbonyl (C=O) groups excluding carboxylic acids is 2. The van der Waals surface area contributed by atoms with Crippen molar-refractivity contribution in [1.29, 1.82) is 0 Å². The van der Waals surface area contributed by atoms with Gasteiger partial charge in [-0.3, -0.25) is 13.9 Å². The predicted molar refractivity (Wildman–Crippen MR) is 165 cm³/mol. The molecule has 0 heterocycles. The van der Waals surface area contributed by atoms with E-state index in [0.29, 0.717) is 18.5 Å². The van der Waals surface area contributed by atoms with Gasteiger partial charge in [-0.2, -0.15) is 0 Å². The molecular weight excluding hydrogens is 534 g/mol. The Morgan fingerprint density at radius 3 is 2.07 bits per heavy atom.